The normalized spacial score (nSPS) is 20.3. The lowest BCUT2D eigenvalue weighted by Crippen LogP contribution is -3.12. The largest absolute Gasteiger partial charge is 0.872 e. The Morgan fingerprint density at radius 2 is 1.92 bits per heavy atom. The summed E-state index contributed by atoms with van der Waals surface area (Å²) in [5.41, 5.74) is 2.07. The van der Waals surface area contributed by atoms with E-state index in [1.54, 1.807) is 23.1 Å². The number of hydrogen-bond donors (Lipinski definition) is 1. The molecule has 2 aliphatic rings. The molecule has 7 nitrogen and oxygen atoms in total. The van der Waals surface area contributed by atoms with Crippen molar-refractivity contribution in [1.82, 2.24) is 4.90 Å². The van der Waals surface area contributed by atoms with Gasteiger partial charge in [-0.05, 0) is 74.1 Å². The van der Waals surface area contributed by atoms with Crippen LogP contribution in [0.4, 0.5) is 0 Å². The fourth-order valence-electron chi connectivity index (χ4n) is 5.24. The number of carbonyl (C=O) groups excluding carboxylic acids is 2. The van der Waals surface area contributed by atoms with Gasteiger partial charge in [-0.15, -0.1) is 0 Å². The maximum absolute atomic E-state index is 13.9. The molecule has 0 radical (unpaired) electrons. The van der Waals surface area contributed by atoms with Crippen LogP contribution in [0.2, 0.25) is 0 Å². The maximum Gasteiger partial charge on any atom is 0.295 e. The van der Waals surface area contributed by atoms with Gasteiger partial charge in [0.1, 0.15) is 17.6 Å². The van der Waals surface area contributed by atoms with Crippen LogP contribution in [0.25, 0.3) is 5.76 Å². The molecule has 1 fully saturated rings. The minimum absolute atomic E-state index is 0.00999. The fourth-order valence-corrected chi connectivity index (χ4v) is 5.24. The number of ketones is 1. The number of likely N-dealkylation sites (N-methyl/N-ethyl adjacent to an activating group) is 1. The van der Waals surface area contributed by atoms with E-state index in [0.29, 0.717) is 48.9 Å². The molecule has 2 aromatic carbocycles. The second kappa shape index (κ2) is 12.0. The van der Waals surface area contributed by atoms with Crippen LogP contribution in [0.15, 0.2) is 48.0 Å². The first-order valence-electron chi connectivity index (χ1n) is 13.9. The molecule has 0 bridgehead atoms. The number of carbonyl (C=O) groups is 2. The van der Waals surface area contributed by atoms with E-state index in [1.165, 1.54) is 4.90 Å². The predicted octanol–water partition coefficient (Wildman–Crippen LogP) is 2.58. The number of fused-ring (bicyclic) bond motifs is 1. The highest BCUT2D eigenvalue weighted by Gasteiger charge is 2.44. The topological polar surface area (TPSA) is 83.3 Å². The average Bonchev–Trinajstić information content (AvgIpc) is 3.39. The van der Waals surface area contributed by atoms with Crippen LogP contribution >= 0.6 is 0 Å². The van der Waals surface area contributed by atoms with E-state index >= 15 is 0 Å². The lowest BCUT2D eigenvalue weighted by Gasteiger charge is -2.29. The summed E-state index contributed by atoms with van der Waals surface area (Å²) in [6, 6.07) is 12.0. The van der Waals surface area contributed by atoms with Gasteiger partial charge in [-0.3, -0.25) is 9.59 Å². The molecule has 0 aromatic heterocycles. The summed E-state index contributed by atoms with van der Waals surface area (Å²) in [4.78, 5) is 29.6. The lowest BCUT2D eigenvalue weighted by atomic mass is 9.94. The van der Waals surface area contributed by atoms with Crippen LogP contribution in [-0.2, 0) is 16.0 Å². The highest BCUT2D eigenvalue weighted by molar-refractivity contribution is 6.46. The van der Waals surface area contributed by atoms with Crippen LogP contribution in [0, 0.1) is 5.92 Å². The molecular formula is C31H40N2O5. The van der Waals surface area contributed by atoms with Gasteiger partial charge in [0.15, 0.2) is 0 Å². The van der Waals surface area contributed by atoms with Crippen LogP contribution in [0.5, 0.6) is 11.5 Å². The van der Waals surface area contributed by atoms with Crippen molar-refractivity contribution in [2.45, 2.75) is 59.6 Å². The zero-order chi connectivity index (χ0) is 27.4. The Kier molecular flexibility index (Phi) is 8.77. The minimum atomic E-state index is -0.755. The SMILES string of the molecule is CC[NH+](CC)CCN1C(=O)C(=O)/C(=C(/[O-])c2ccc3c(c2)CC(C)O3)C1c1cccc(OCCC(C)C)c1. The Bertz CT molecular complexity index is 1200. The number of nitrogens with one attached hydrogen (secondary N) is 1. The van der Waals surface area contributed by atoms with Gasteiger partial charge < -0.3 is 24.4 Å². The fraction of sp³-hybridized carbons (Fsp3) is 0.484. The van der Waals surface area contributed by atoms with Crippen molar-refractivity contribution in [3.8, 4) is 11.5 Å². The summed E-state index contributed by atoms with van der Waals surface area (Å²) < 4.78 is 11.8. The number of nitrogens with zero attached hydrogens (tertiary/aromatic N) is 1. The number of quaternary nitrogens is 1. The highest BCUT2D eigenvalue weighted by atomic mass is 16.5. The molecule has 2 aromatic rings. The van der Waals surface area contributed by atoms with Crippen molar-refractivity contribution in [3.05, 3.63) is 64.7 Å². The quantitative estimate of drug-likeness (QED) is 0.280. The maximum atomic E-state index is 13.9. The summed E-state index contributed by atoms with van der Waals surface area (Å²) in [6.45, 7) is 14.0. The van der Waals surface area contributed by atoms with E-state index in [2.05, 4.69) is 27.7 Å². The molecule has 4 rings (SSSR count). The number of amides is 1. The van der Waals surface area contributed by atoms with E-state index in [9.17, 15) is 14.7 Å². The standard InChI is InChI=1S/C31H40N2O5/c1-6-32(7-2)14-15-33-28(22-9-8-10-25(19-22)37-16-13-20(3)4)27(30(35)31(33)36)29(34)23-11-12-26-24(18-23)17-21(5)38-26/h8-12,18-21,28,34H,6-7,13-17H2,1-5H3/b29-27+. The molecule has 1 saturated heterocycles. The lowest BCUT2D eigenvalue weighted by molar-refractivity contribution is -0.895. The van der Waals surface area contributed by atoms with Gasteiger partial charge in [0, 0.05) is 12.0 Å². The summed E-state index contributed by atoms with van der Waals surface area (Å²) in [5.74, 6) is 0.207. The van der Waals surface area contributed by atoms with E-state index in [-0.39, 0.29) is 11.7 Å². The average molecular weight is 521 g/mol. The highest BCUT2D eigenvalue weighted by Crippen LogP contribution is 2.40. The predicted molar refractivity (Wildman–Crippen MR) is 145 cm³/mol. The summed E-state index contributed by atoms with van der Waals surface area (Å²) in [6.07, 6.45) is 1.67. The molecule has 2 aliphatic heterocycles. The van der Waals surface area contributed by atoms with Gasteiger partial charge in [-0.1, -0.05) is 37.8 Å². The summed E-state index contributed by atoms with van der Waals surface area (Å²) in [7, 11) is 0. The van der Waals surface area contributed by atoms with Gasteiger partial charge in [0.2, 0.25) is 5.78 Å². The van der Waals surface area contributed by atoms with Crippen LogP contribution in [-0.4, -0.2) is 55.5 Å². The second-order valence-electron chi connectivity index (χ2n) is 10.7. The first kappa shape index (κ1) is 27.7. The van der Waals surface area contributed by atoms with Crippen molar-refractivity contribution in [3.63, 3.8) is 0 Å². The van der Waals surface area contributed by atoms with Crippen molar-refractivity contribution in [2.75, 3.05) is 32.8 Å². The molecule has 2 unspecified atom stereocenters. The van der Waals surface area contributed by atoms with Crippen molar-refractivity contribution < 1.29 is 29.1 Å². The number of hydrogen-bond acceptors (Lipinski definition) is 5. The molecule has 7 heteroatoms. The zero-order valence-electron chi connectivity index (χ0n) is 23.2. The Morgan fingerprint density at radius 3 is 2.63 bits per heavy atom. The van der Waals surface area contributed by atoms with Gasteiger partial charge in [0.05, 0.1) is 38.8 Å². The molecule has 0 saturated carbocycles. The Hall–Kier alpha value is -3.32. The third kappa shape index (κ3) is 5.88. The van der Waals surface area contributed by atoms with Gasteiger partial charge in [0.25, 0.3) is 5.91 Å². The number of rotatable bonds is 11. The van der Waals surface area contributed by atoms with Crippen LogP contribution < -0.4 is 19.5 Å². The van der Waals surface area contributed by atoms with Gasteiger partial charge >= 0.3 is 0 Å². The van der Waals surface area contributed by atoms with Crippen molar-refractivity contribution in [1.29, 1.82) is 0 Å². The second-order valence-corrected chi connectivity index (χ2v) is 10.7. The van der Waals surface area contributed by atoms with E-state index in [1.807, 2.05) is 31.2 Å². The third-order valence-electron chi connectivity index (χ3n) is 7.53. The monoisotopic (exact) mass is 520 g/mol. The molecule has 2 heterocycles. The molecular weight excluding hydrogens is 480 g/mol. The van der Waals surface area contributed by atoms with Crippen LogP contribution in [0.3, 0.4) is 0 Å². The first-order chi connectivity index (χ1) is 18.2. The number of likely N-dealkylation sites (tertiary alicyclic amines) is 1. The van der Waals surface area contributed by atoms with Crippen molar-refractivity contribution >= 4 is 17.4 Å². The Balaban J connectivity index is 1.74. The molecule has 204 valence electrons. The smallest absolute Gasteiger partial charge is 0.295 e. The number of benzene rings is 2. The molecule has 0 spiro atoms. The molecule has 38 heavy (non-hydrogen) atoms. The molecule has 0 aliphatic carbocycles. The zero-order valence-corrected chi connectivity index (χ0v) is 23.2. The van der Waals surface area contributed by atoms with Gasteiger partial charge in [-0.25, -0.2) is 0 Å². The molecule has 1 amide bonds. The van der Waals surface area contributed by atoms with E-state index in [4.69, 9.17) is 9.47 Å². The number of Topliss-reactive ketones (excluding diaryl/α,β-unsaturated/α-hetero) is 1. The summed E-state index contributed by atoms with van der Waals surface area (Å²) in [5, 5.41) is 13.9. The number of ether oxygens (including phenoxy) is 2. The Morgan fingerprint density at radius 1 is 1.16 bits per heavy atom. The van der Waals surface area contributed by atoms with E-state index < -0.39 is 23.5 Å². The minimum Gasteiger partial charge on any atom is -0.872 e. The summed E-state index contributed by atoms with van der Waals surface area (Å²) >= 11 is 0. The van der Waals surface area contributed by atoms with E-state index in [0.717, 1.165) is 30.8 Å². The molecule has 1 N–H and O–H groups in total. The third-order valence-corrected chi connectivity index (χ3v) is 7.53. The first-order valence-corrected chi connectivity index (χ1v) is 13.9. The Labute approximate surface area is 226 Å². The molecule has 2 atom stereocenters. The van der Waals surface area contributed by atoms with Crippen molar-refractivity contribution in [2.24, 2.45) is 5.92 Å². The van der Waals surface area contributed by atoms with Gasteiger partial charge in [-0.2, -0.15) is 0 Å². The van der Waals surface area contributed by atoms with Crippen LogP contribution in [0.1, 0.15) is 63.8 Å².